The van der Waals surface area contributed by atoms with Crippen LogP contribution in [0.2, 0.25) is 0 Å². The summed E-state index contributed by atoms with van der Waals surface area (Å²) in [4.78, 5) is 0. The second kappa shape index (κ2) is 63.1. The van der Waals surface area contributed by atoms with Crippen molar-refractivity contribution in [1.29, 1.82) is 0 Å². The van der Waals surface area contributed by atoms with Crippen molar-refractivity contribution < 1.29 is 61.7 Å². The Morgan fingerprint density at radius 1 is 0.490 bits per heavy atom. The average molecular weight is 751 g/mol. The van der Waals surface area contributed by atoms with E-state index in [9.17, 15) is 0 Å². The fourth-order valence-electron chi connectivity index (χ4n) is 1.75. The van der Waals surface area contributed by atoms with Gasteiger partial charge < -0.3 is 0 Å². The third-order valence-electron chi connectivity index (χ3n) is 4.95. The molecule has 0 N–H and O–H groups in total. The van der Waals surface area contributed by atoms with Crippen LogP contribution in [-0.2, 0) is 0 Å². The predicted molar refractivity (Wildman–Crippen MR) is 245 cm³/mol. The number of unbranched alkanes of at least 4 members (excludes halogenated alkanes) is 7. The highest BCUT2D eigenvalue weighted by Crippen LogP contribution is 2.16. The van der Waals surface area contributed by atoms with Gasteiger partial charge in [0.05, 0.1) is 0 Å². The monoisotopic (exact) mass is 750 g/mol. The summed E-state index contributed by atoms with van der Waals surface area (Å²) >= 11 is 0. The molecule has 0 aromatic rings. The zero-order valence-corrected chi connectivity index (χ0v) is 34.3. The van der Waals surface area contributed by atoms with Gasteiger partial charge in [-0.1, -0.05) is 288 Å². The summed E-state index contributed by atoms with van der Waals surface area (Å²) < 4.78 is 317. The third kappa shape index (κ3) is 210. The van der Waals surface area contributed by atoms with Crippen molar-refractivity contribution in [1.82, 2.24) is 0 Å². The minimum atomic E-state index is -3.48. The highest BCUT2D eigenvalue weighted by atomic mass is 14.1. The highest BCUT2D eigenvalue weighted by Gasteiger charge is 2.03. The topological polar surface area (TPSA) is 0 Å². The first-order chi connectivity index (χ1) is 40.5. The van der Waals surface area contributed by atoms with Gasteiger partial charge in [-0.3, -0.25) is 0 Å². The van der Waals surface area contributed by atoms with Crippen LogP contribution in [-0.4, -0.2) is 0 Å². The highest BCUT2D eigenvalue weighted by molar-refractivity contribution is 4.55. The summed E-state index contributed by atoms with van der Waals surface area (Å²) in [6.07, 6.45) is 9.47. The molecule has 0 nitrogen and oxygen atoms in total. The van der Waals surface area contributed by atoms with E-state index in [-0.39, 0.29) is 19.3 Å². The van der Waals surface area contributed by atoms with Gasteiger partial charge in [-0.2, -0.15) is 0 Å². The van der Waals surface area contributed by atoms with Crippen LogP contribution in [0.3, 0.4) is 0 Å². The first-order valence-corrected chi connectivity index (χ1v) is 18.0. The van der Waals surface area contributed by atoms with Gasteiger partial charge in [0.25, 0.3) is 0 Å². The Morgan fingerprint density at radius 3 is 0.959 bits per heavy atom. The van der Waals surface area contributed by atoms with Crippen LogP contribution in [0.4, 0.5) is 0 Å². The lowest BCUT2D eigenvalue weighted by Gasteiger charge is -2.12. The summed E-state index contributed by atoms with van der Waals surface area (Å²) in [6, 6.07) is 0. The largest absolute Gasteiger partial charge is 0.0656 e. The summed E-state index contributed by atoms with van der Waals surface area (Å²) in [5, 5.41) is 0. The van der Waals surface area contributed by atoms with Crippen molar-refractivity contribution in [3.05, 3.63) is 0 Å². The van der Waals surface area contributed by atoms with E-state index in [4.69, 9.17) is 61.7 Å². The summed E-state index contributed by atoms with van der Waals surface area (Å²) in [7, 11) is 0. The predicted octanol–water partition coefficient (Wildman–Crippen LogP) is 20.5. The van der Waals surface area contributed by atoms with E-state index in [1.165, 1.54) is 84.5 Å². The van der Waals surface area contributed by atoms with E-state index in [2.05, 4.69) is 48.5 Å². The first kappa shape index (κ1) is 15.6. The third-order valence-corrected chi connectivity index (χ3v) is 4.95. The van der Waals surface area contributed by atoms with E-state index in [0.29, 0.717) is 6.92 Å². The molecular weight excluding hydrogens is 589 g/mol. The molecule has 0 aliphatic rings. The molecule has 0 unspecified atom stereocenters. The molecule has 0 saturated carbocycles. The molecule has 312 valence electrons. The van der Waals surface area contributed by atoms with Crippen molar-refractivity contribution in [3.8, 4) is 0 Å². The van der Waals surface area contributed by atoms with Crippen LogP contribution in [0.15, 0.2) is 0 Å². The zero-order chi connectivity index (χ0) is 79.3. The molecule has 0 aliphatic heterocycles. The maximum absolute atomic E-state index is 7.39. The van der Waals surface area contributed by atoms with Crippen molar-refractivity contribution in [2.75, 3.05) is 0 Å². The maximum Gasteiger partial charge on any atom is 0.0297 e. The van der Waals surface area contributed by atoms with E-state index in [1.807, 2.05) is 0 Å². The second-order valence-electron chi connectivity index (χ2n) is 11.0. The molecule has 0 amide bonds. The second-order valence-corrected chi connectivity index (χ2v) is 11.0. The fraction of sp³-hybridized carbons (Fsp3) is 1.00. The Labute approximate surface area is 386 Å². The minimum Gasteiger partial charge on any atom is -0.0656 e. The number of hydrogen-bond acceptors (Lipinski definition) is 0. The SMILES string of the molecule is CCCC(C)C.CCCCCC.CCCCCCC.[2H]C([2H])([2H])C(C([2H])([2H])[2H])(C([2H])([2H])[2H])C([2H])([2H])C.[2H]C([2H])([2H])C(CC)(C([2H])([2H])[2H])C([2H])([2H])[2H].[2H]C([2H])([2H])C(CC)C([2H])([2H])[2H].[2H]C([2H])([2H])C([2H])(C([2H])([2H])[2H])C([2H])([2H])C.[2H]C([2H])([2H])C([2H])(CC)C([2H])([2H])[2H].[2H]C([2H])([2H])CC. The van der Waals surface area contributed by atoms with Crippen molar-refractivity contribution >= 4 is 0 Å². The molecule has 0 aliphatic carbocycles. The van der Waals surface area contributed by atoms with Gasteiger partial charge >= 0.3 is 0 Å². The Kier molecular flexibility index (Phi) is 20.1. The summed E-state index contributed by atoms with van der Waals surface area (Å²) in [5.74, 6) is -5.72. The molecular formula is C49H116. The normalized spacial score (nSPS) is 27.9. The number of hydrogen-bond donors (Lipinski definition) is 0. The number of rotatable bonds is 12. The zero-order valence-electron chi connectivity index (χ0n) is 79.3. The van der Waals surface area contributed by atoms with Gasteiger partial charge in [-0.05, 0) is 34.5 Å². The van der Waals surface area contributed by atoms with Gasteiger partial charge in [-0.25, -0.2) is 0 Å². The molecule has 0 atom stereocenters. The molecule has 0 heteroatoms. The molecule has 0 aromatic carbocycles. The quantitative estimate of drug-likeness (QED) is 0.174. The molecule has 0 rings (SSSR count). The van der Waals surface area contributed by atoms with Crippen LogP contribution in [0.1, 0.15) is 350 Å². The average Bonchev–Trinajstić information content (AvgIpc) is 3.26. The molecule has 0 bridgehead atoms. The molecule has 0 radical (unpaired) electrons. The van der Waals surface area contributed by atoms with Gasteiger partial charge in [0, 0.05) is 61.7 Å². The smallest absolute Gasteiger partial charge is 0.0297 e. The molecule has 0 fully saturated rings. The van der Waals surface area contributed by atoms with Crippen molar-refractivity contribution in [2.24, 2.45) is 34.5 Å². The summed E-state index contributed by atoms with van der Waals surface area (Å²) in [5.41, 5.74) is -6.06. The van der Waals surface area contributed by atoms with E-state index in [0.717, 1.165) is 12.8 Å². The van der Waals surface area contributed by atoms with Gasteiger partial charge in [0.1, 0.15) is 0 Å². The molecule has 0 saturated heterocycles. The van der Waals surface area contributed by atoms with Gasteiger partial charge in [-0.15, -0.1) is 0 Å². The summed E-state index contributed by atoms with van der Waals surface area (Å²) in [6.45, 7) is -14.9. The standard InChI is InChI=1S/C7H16.4C6H14.3C5H12.C3H8/c1-3-5-7-6-4-2;2*1-5-6(2,3)4;1-4-5-6(2)3;1-3-5-6-4-2;3*1-4-5(2)3;1-3-2/h3-7H2,1-2H3;2*5H2,1-4H3;6H,4-5H2,1-3H3;3-6H2,1-2H3;3*5H,4H2,1-3H3;3H2,1-2H3/i;2D3,3D3,4D3,5D2;2D3,3D3,4D3;;;2D3,3D3,4D2,5D;2D3,3D3,5D;2D3,3D3;1D3. The Balaban J connectivity index is -0.000000126. The van der Waals surface area contributed by atoms with E-state index in [1.54, 1.807) is 13.8 Å². The van der Waals surface area contributed by atoms with Crippen LogP contribution >= 0.6 is 0 Å². The maximum atomic E-state index is 7.39. The van der Waals surface area contributed by atoms with Crippen LogP contribution in [0.25, 0.3) is 0 Å². The molecule has 0 spiro atoms. The van der Waals surface area contributed by atoms with E-state index >= 15 is 0 Å². The fourth-order valence-corrected chi connectivity index (χ4v) is 1.75. The van der Waals surface area contributed by atoms with Gasteiger partial charge in [0.2, 0.25) is 0 Å². The lowest BCUT2D eigenvalue weighted by atomic mass is 9.94. The molecule has 49 heavy (non-hydrogen) atoms. The molecule has 0 heterocycles. The van der Waals surface area contributed by atoms with Crippen LogP contribution in [0.5, 0.6) is 0 Å². The van der Waals surface area contributed by atoms with Crippen molar-refractivity contribution in [2.45, 2.75) is 288 Å². The lowest BCUT2D eigenvalue weighted by Crippen LogP contribution is -2.00. The lowest BCUT2D eigenvalue weighted by molar-refractivity contribution is 0.397. The van der Waals surface area contributed by atoms with Crippen LogP contribution in [0, 0.1) is 34.5 Å². The Hall–Kier alpha value is 0. The Morgan fingerprint density at radius 2 is 0.898 bits per heavy atom. The molecule has 0 aromatic heterocycles. The minimum absolute atomic E-state index is 0.160. The van der Waals surface area contributed by atoms with Crippen molar-refractivity contribution in [3.63, 3.8) is 0 Å². The first-order valence-electron chi connectivity index (χ1n) is 40.5. The van der Waals surface area contributed by atoms with Crippen LogP contribution < -0.4 is 0 Å². The van der Waals surface area contributed by atoms with Gasteiger partial charge in [0.15, 0.2) is 0 Å². The van der Waals surface area contributed by atoms with E-state index < -0.39 is 137 Å². The Bertz CT molecular complexity index is 1680.